The molecule has 34 heavy (non-hydrogen) atoms. The Bertz CT molecular complexity index is 1360. The second-order valence-electron chi connectivity index (χ2n) is 7.80. The average molecular weight is 463 g/mol. The van der Waals surface area contributed by atoms with Gasteiger partial charge in [0.1, 0.15) is 24.7 Å². The Balaban J connectivity index is 1.43. The van der Waals surface area contributed by atoms with E-state index in [4.69, 9.17) is 24.1 Å². The van der Waals surface area contributed by atoms with Gasteiger partial charge in [-0.25, -0.2) is 19.6 Å². The van der Waals surface area contributed by atoms with Crippen molar-refractivity contribution in [2.75, 3.05) is 13.2 Å². The maximum atomic E-state index is 11.6. The van der Waals surface area contributed by atoms with Crippen LogP contribution in [0.25, 0.3) is 11.3 Å². The van der Waals surface area contributed by atoms with Crippen LogP contribution in [0.2, 0.25) is 0 Å². The first-order chi connectivity index (χ1) is 16.4. The first-order valence-corrected chi connectivity index (χ1v) is 10.8. The molecule has 4 rings (SSSR count). The normalized spacial score (nSPS) is 10.9. The van der Waals surface area contributed by atoms with E-state index in [0.717, 1.165) is 44.1 Å². The molecular formula is C25H25N3O6. The van der Waals surface area contributed by atoms with Crippen molar-refractivity contribution in [3.8, 4) is 22.8 Å². The lowest BCUT2D eigenvalue weighted by molar-refractivity contribution is 0.201. The van der Waals surface area contributed by atoms with E-state index in [0.29, 0.717) is 5.75 Å². The standard InChI is InChI=1S/C25H25N3O6/c1-16-12-21(32-11-10-29)13-17(2)23(16)22-5-3-4-19(26-22)15-33-20-8-6-18(7-9-20)14-28-24(30)27-25(31)34-28/h3-9,12-13,29H,10-11,14-15H2,1-2H3,(H,27,30,31). The van der Waals surface area contributed by atoms with Crippen LogP contribution in [0.3, 0.4) is 0 Å². The number of ether oxygens (including phenoxy) is 2. The number of H-pyrrole nitrogens is 1. The summed E-state index contributed by atoms with van der Waals surface area (Å²) < 4.78 is 17.2. The summed E-state index contributed by atoms with van der Waals surface area (Å²) in [6.07, 6.45) is 0. The van der Waals surface area contributed by atoms with Crippen LogP contribution in [0.4, 0.5) is 0 Å². The van der Waals surface area contributed by atoms with E-state index in [1.54, 1.807) is 24.3 Å². The largest absolute Gasteiger partial charge is 0.491 e. The molecule has 0 aliphatic carbocycles. The quantitative estimate of drug-likeness (QED) is 0.392. The third-order valence-corrected chi connectivity index (χ3v) is 5.19. The zero-order valence-electron chi connectivity index (χ0n) is 18.9. The van der Waals surface area contributed by atoms with Crippen molar-refractivity contribution in [3.05, 3.63) is 98.0 Å². The van der Waals surface area contributed by atoms with Gasteiger partial charge in [0.2, 0.25) is 0 Å². The highest BCUT2D eigenvalue weighted by molar-refractivity contribution is 5.69. The number of aromatic amines is 1. The van der Waals surface area contributed by atoms with Crippen molar-refractivity contribution in [1.82, 2.24) is 14.7 Å². The van der Waals surface area contributed by atoms with Crippen molar-refractivity contribution in [2.24, 2.45) is 0 Å². The first kappa shape index (κ1) is 23.1. The lowest BCUT2D eigenvalue weighted by Gasteiger charge is -2.14. The summed E-state index contributed by atoms with van der Waals surface area (Å²) in [6.45, 7) is 4.67. The second kappa shape index (κ2) is 10.2. The summed E-state index contributed by atoms with van der Waals surface area (Å²) in [5.41, 5.74) is 4.93. The van der Waals surface area contributed by atoms with Gasteiger partial charge in [0.25, 0.3) is 0 Å². The predicted octanol–water partition coefficient (Wildman–Crippen LogP) is 2.81. The molecule has 0 unspecified atom stereocenters. The van der Waals surface area contributed by atoms with Crippen LogP contribution in [-0.4, -0.2) is 33.0 Å². The SMILES string of the molecule is Cc1cc(OCCO)cc(C)c1-c1cccc(COc2ccc(Cn3oc(=O)[nH]c3=O)cc2)n1. The molecule has 0 aliphatic heterocycles. The summed E-state index contributed by atoms with van der Waals surface area (Å²) in [5.74, 6) is 0.590. The average Bonchev–Trinajstić information content (AvgIpc) is 3.13. The zero-order valence-corrected chi connectivity index (χ0v) is 18.9. The highest BCUT2D eigenvalue weighted by Gasteiger charge is 2.11. The van der Waals surface area contributed by atoms with E-state index >= 15 is 0 Å². The number of hydrogen-bond acceptors (Lipinski definition) is 7. The van der Waals surface area contributed by atoms with Crippen molar-refractivity contribution in [2.45, 2.75) is 27.0 Å². The van der Waals surface area contributed by atoms with Crippen molar-refractivity contribution >= 4 is 0 Å². The molecular weight excluding hydrogens is 438 g/mol. The molecule has 2 aromatic heterocycles. The highest BCUT2D eigenvalue weighted by Crippen LogP contribution is 2.30. The summed E-state index contributed by atoms with van der Waals surface area (Å²) in [7, 11) is 0. The van der Waals surface area contributed by atoms with E-state index in [-0.39, 0.29) is 26.4 Å². The number of benzene rings is 2. The van der Waals surface area contributed by atoms with Gasteiger partial charge in [-0.05, 0) is 66.9 Å². The molecule has 0 fully saturated rings. The monoisotopic (exact) mass is 463 g/mol. The van der Waals surface area contributed by atoms with Gasteiger partial charge in [-0.2, -0.15) is 0 Å². The lowest BCUT2D eigenvalue weighted by Crippen LogP contribution is -2.17. The maximum Gasteiger partial charge on any atom is 0.440 e. The number of aryl methyl sites for hydroxylation is 2. The fraction of sp³-hybridized carbons (Fsp3) is 0.240. The molecule has 0 aliphatic rings. The van der Waals surface area contributed by atoms with Crippen LogP contribution in [0.1, 0.15) is 22.4 Å². The van der Waals surface area contributed by atoms with Gasteiger partial charge >= 0.3 is 11.4 Å². The Morgan fingerprint density at radius 3 is 2.38 bits per heavy atom. The van der Waals surface area contributed by atoms with Crippen LogP contribution in [0.5, 0.6) is 11.5 Å². The number of hydrogen-bond donors (Lipinski definition) is 2. The fourth-order valence-corrected chi connectivity index (χ4v) is 3.71. The van der Waals surface area contributed by atoms with Crippen LogP contribution >= 0.6 is 0 Å². The number of aromatic nitrogens is 3. The maximum absolute atomic E-state index is 11.6. The molecule has 9 nitrogen and oxygen atoms in total. The van der Waals surface area contributed by atoms with E-state index in [9.17, 15) is 9.59 Å². The van der Waals surface area contributed by atoms with E-state index < -0.39 is 11.4 Å². The molecule has 176 valence electrons. The molecule has 9 heteroatoms. The summed E-state index contributed by atoms with van der Waals surface area (Å²) in [6, 6.07) is 16.9. The number of aliphatic hydroxyl groups excluding tert-OH is 1. The lowest BCUT2D eigenvalue weighted by atomic mass is 9.99. The molecule has 0 bridgehead atoms. The van der Waals surface area contributed by atoms with Gasteiger partial charge in [0.05, 0.1) is 24.5 Å². The number of nitrogens with one attached hydrogen (secondary N) is 1. The number of aliphatic hydroxyl groups is 1. The Hall–Kier alpha value is -4.11. The number of rotatable bonds is 9. The van der Waals surface area contributed by atoms with Crippen LogP contribution in [-0.2, 0) is 13.2 Å². The third-order valence-electron chi connectivity index (χ3n) is 5.19. The molecule has 0 saturated carbocycles. The zero-order chi connectivity index (χ0) is 24.1. The molecule has 0 saturated heterocycles. The minimum absolute atomic E-state index is 0.0306. The van der Waals surface area contributed by atoms with Crippen molar-refractivity contribution in [1.29, 1.82) is 0 Å². The minimum Gasteiger partial charge on any atom is -0.491 e. The van der Waals surface area contributed by atoms with Gasteiger partial charge in [-0.1, -0.05) is 18.2 Å². The van der Waals surface area contributed by atoms with Gasteiger partial charge < -0.3 is 19.1 Å². The molecule has 0 atom stereocenters. The van der Waals surface area contributed by atoms with Crippen LogP contribution in [0.15, 0.2) is 68.7 Å². The highest BCUT2D eigenvalue weighted by atomic mass is 16.5. The molecule has 4 aromatic rings. The first-order valence-electron chi connectivity index (χ1n) is 10.8. The Morgan fingerprint density at radius 2 is 1.74 bits per heavy atom. The second-order valence-corrected chi connectivity index (χ2v) is 7.80. The smallest absolute Gasteiger partial charge is 0.440 e. The number of pyridine rings is 1. The Kier molecular flexibility index (Phi) is 6.93. The van der Waals surface area contributed by atoms with Crippen LogP contribution < -0.4 is 20.9 Å². The topological polar surface area (TPSA) is 120 Å². The van der Waals surface area contributed by atoms with Crippen molar-refractivity contribution < 1.29 is 19.1 Å². The molecule has 2 heterocycles. The number of nitrogens with zero attached hydrogens (tertiary/aromatic N) is 2. The molecule has 0 radical (unpaired) electrons. The Labute approximate surface area is 195 Å². The minimum atomic E-state index is -0.781. The van der Waals surface area contributed by atoms with E-state index in [1.165, 1.54) is 0 Å². The van der Waals surface area contributed by atoms with Gasteiger partial charge in [-0.3, -0.25) is 0 Å². The van der Waals surface area contributed by atoms with Gasteiger partial charge in [0, 0.05) is 5.56 Å². The van der Waals surface area contributed by atoms with Gasteiger partial charge in [0.15, 0.2) is 0 Å². The fourth-order valence-electron chi connectivity index (χ4n) is 3.71. The molecule has 2 aromatic carbocycles. The molecule has 2 N–H and O–H groups in total. The van der Waals surface area contributed by atoms with E-state index in [1.807, 2.05) is 49.2 Å². The summed E-state index contributed by atoms with van der Waals surface area (Å²) >= 11 is 0. The molecule has 0 spiro atoms. The van der Waals surface area contributed by atoms with E-state index in [2.05, 4.69) is 0 Å². The summed E-state index contributed by atoms with van der Waals surface area (Å²) in [5, 5.41) is 8.97. The third kappa shape index (κ3) is 5.44. The summed E-state index contributed by atoms with van der Waals surface area (Å²) in [4.78, 5) is 29.5. The molecule has 0 amide bonds. The van der Waals surface area contributed by atoms with Gasteiger partial charge in [-0.15, -0.1) is 4.74 Å². The van der Waals surface area contributed by atoms with Crippen molar-refractivity contribution in [3.63, 3.8) is 0 Å². The Morgan fingerprint density at radius 1 is 1.00 bits per heavy atom. The predicted molar refractivity (Wildman–Crippen MR) is 125 cm³/mol. The van der Waals surface area contributed by atoms with Crippen LogP contribution in [0, 0.1) is 13.8 Å².